The lowest BCUT2D eigenvalue weighted by atomic mass is 10.1. The second-order valence-electron chi connectivity index (χ2n) is 8.72. The van der Waals surface area contributed by atoms with E-state index in [1.165, 1.54) is 11.1 Å². The van der Waals surface area contributed by atoms with Crippen molar-refractivity contribution in [3.63, 3.8) is 0 Å². The number of rotatable bonds is 6. The molecule has 1 aromatic heterocycles. The maximum atomic E-state index is 6.80. The van der Waals surface area contributed by atoms with Gasteiger partial charge in [-0.1, -0.05) is 70.2 Å². The fourth-order valence-corrected chi connectivity index (χ4v) is 5.57. The number of nitrogens with zero attached hydrogens (tertiary/aromatic N) is 1. The van der Waals surface area contributed by atoms with Gasteiger partial charge in [0.25, 0.3) is 0 Å². The van der Waals surface area contributed by atoms with Gasteiger partial charge in [-0.25, -0.2) is 0 Å². The summed E-state index contributed by atoms with van der Waals surface area (Å²) >= 11 is 21.7. The average Bonchev–Trinajstić information content (AvgIpc) is 3.33. The van der Waals surface area contributed by atoms with E-state index in [1.54, 1.807) is 0 Å². The number of fused-ring (bicyclic) bond motifs is 1. The predicted octanol–water partition coefficient (Wildman–Crippen LogP) is 8.64. The number of ether oxygens (including phenoxy) is 3. The Balaban J connectivity index is 1.45. The first-order valence-electron chi connectivity index (χ1n) is 11.2. The van der Waals surface area contributed by atoms with Crippen LogP contribution in [0.25, 0.3) is 10.9 Å². The highest BCUT2D eigenvalue weighted by atomic mass is 127. The molecule has 5 rings (SSSR count). The Hall–Kier alpha value is -1.64. The first-order valence-corrected chi connectivity index (χ1v) is 13.4. The van der Waals surface area contributed by atoms with Gasteiger partial charge >= 0.3 is 0 Å². The molecule has 2 heterocycles. The maximum absolute atomic E-state index is 6.80. The first kappa shape index (κ1) is 25.0. The van der Waals surface area contributed by atoms with Crippen LogP contribution in [0.5, 0.6) is 11.5 Å². The van der Waals surface area contributed by atoms with E-state index in [0.29, 0.717) is 28.2 Å². The Labute approximate surface area is 233 Å². The summed E-state index contributed by atoms with van der Waals surface area (Å²) in [4.78, 5) is 0. The minimum absolute atomic E-state index is 0.234. The molecule has 35 heavy (non-hydrogen) atoms. The zero-order valence-corrected chi connectivity index (χ0v) is 23.5. The van der Waals surface area contributed by atoms with E-state index < -0.39 is 0 Å². The first-order chi connectivity index (χ1) is 16.8. The molecule has 0 spiro atoms. The van der Waals surface area contributed by atoms with Crippen molar-refractivity contribution < 1.29 is 14.2 Å². The Morgan fingerprint density at radius 3 is 2.17 bits per heavy atom. The molecule has 4 nitrogen and oxygen atoms in total. The van der Waals surface area contributed by atoms with Gasteiger partial charge in [-0.05, 0) is 72.8 Å². The normalized spacial score (nSPS) is 19.9. The van der Waals surface area contributed by atoms with Crippen molar-refractivity contribution in [3.05, 3.63) is 90.6 Å². The summed E-state index contributed by atoms with van der Waals surface area (Å²) < 4.78 is 21.9. The molecule has 1 aliphatic heterocycles. The molecule has 3 atom stereocenters. The van der Waals surface area contributed by atoms with E-state index in [9.17, 15) is 0 Å². The van der Waals surface area contributed by atoms with Crippen LogP contribution in [0.4, 0.5) is 0 Å². The zero-order chi connectivity index (χ0) is 24.7. The Bertz CT molecular complexity index is 1360. The molecule has 4 aromatic rings. The smallest absolute Gasteiger partial charge is 0.139 e. The molecule has 1 saturated heterocycles. The maximum Gasteiger partial charge on any atom is 0.139 e. The second-order valence-corrected chi connectivity index (χ2v) is 11.0. The fraction of sp³-hybridized carbons (Fsp3) is 0.259. The van der Waals surface area contributed by atoms with Crippen molar-refractivity contribution in [2.24, 2.45) is 0 Å². The van der Waals surface area contributed by atoms with Gasteiger partial charge in [0.1, 0.15) is 41.7 Å². The summed E-state index contributed by atoms with van der Waals surface area (Å²) in [6.07, 6.45) is -0.304. The highest BCUT2D eigenvalue weighted by Gasteiger charge is 2.40. The third-order valence-corrected chi connectivity index (χ3v) is 8.64. The van der Waals surface area contributed by atoms with Crippen LogP contribution in [0, 0.1) is 17.4 Å². The molecule has 3 aromatic carbocycles. The van der Waals surface area contributed by atoms with Crippen molar-refractivity contribution >= 4 is 68.3 Å². The molecule has 0 bridgehead atoms. The molecule has 182 valence electrons. The van der Waals surface area contributed by atoms with Gasteiger partial charge < -0.3 is 18.8 Å². The molecule has 0 N–H and O–H groups in total. The van der Waals surface area contributed by atoms with Crippen LogP contribution in [0.1, 0.15) is 23.8 Å². The lowest BCUT2D eigenvalue weighted by Crippen LogP contribution is -2.32. The fourth-order valence-electron chi connectivity index (χ4n) is 4.25. The van der Waals surface area contributed by atoms with Gasteiger partial charge in [0.2, 0.25) is 0 Å². The van der Waals surface area contributed by atoms with Gasteiger partial charge in [0.05, 0.1) is 19.1 Å². The van der Waals surface area contributed by atoms with Gasteiger partial charge in [-0.3, -0.25) is 0 Å². The van der Waals surface area contributed by atoms with Crippen molar-refractivity contribution in [2.45, 2.75) is 38.7 Å². The number of halogens is 4. The monoisotopic (exact) mass is 641 g/mol. The molecular formula is C27H23Cl3INO3. The van der Waals surface area contributed by atoms with Crippen molar-refractivity contribution in [2.75, 3.05) is 6.61 Å². The molecule has 0 radical (unpaired) electrons. The summed E-state index contributed by atoms with van der Waals surface area (Å²) in [5.74, 6) is 1.58. The highest BCUT2D eigenvalue weighted by molar-refractivity contribution is 14.1. The van der Waals surface area contributed by atoms with Gasteiger partial charge in [0.15, 0.2) is 0 Å². The minimum Gasteiger partial charge on any atom is -0.491 e. The van der Waals surface area contributed by atoms with Crippen LogP contribution in [0.15, 0.2) is 60.7 Å². The standard InChI is InChI=1S/C27H23Cl3INO3/c1-15-3-7-17(8-4-15)33-14-24-23(34-18-9-5-16(2)6-10-18)13-25(35-24)32-22-12-21(29)20(28)11-19(22)26(31)27(32)30/h3-12,23-25H,13-14H2,1-2H3/t23-,24+,25+/m0/s1. The van der Waals surface area contributed by atoms with E-state index in [-0.39, 0.29) is 18.4 Å². The number of aromatic nitrogens is 1. The summed E-state index contributed by atoms with van der Waals surface area (Å²) in [5.41, 5.74) is 3.22. The molecule has 0 aliphatic carbocycles. The third kappa shape index (κ3) is 5.25. The van der Waals surface area contributed by atoms with E-state index in [4.69, 9.17) is 49.0 Å². The number of hydrogen-bond acceptors (Lipinski definition) is 3. The average molecular weight is 643 g/mol. The van der Waals surface area contributed by atoms with Crippen LogP contribution in [0.3, 0.4) is 0 Å². The van der Waals surface area contributed by atoms with Crippen molar-refractivity contribution in [3.8, 4) is 11.5 Å². The molecular weight excluding hydrogens is 620 g/mol. The molecule has 0 unspecified atom stereocenters. The lowest BCUT2D eigenvalue weighted by Gasteiger charge is -2.20. The second kappa shape index (κ2) is 10.4. The Morgan fingerprint density at radius 2 is 1.51 bits per heavy atom. The van der Waals surface area contributed by atoms with Gasteiger partial charge in [-0.2, -0.15) is 0 Å². The molecule has 0 amide bonds. The highest BCUT2D eigenvalue weighted by Crippen LogP contribution is 2.42. The Kier molecular flexibility index (Phi) is 7.43. The summed E-state index contributed by atoms with van der Waals surface area (Å²) in [7, 11) is 0. The van der Waals surface area contributed by atoms with Gasteiger partial charge in [0, 0.05) is 11.8 Å². The van der Waals surface area contributed by atoms with E-state index in [0.717, 1.165) is 26.0 Å². The summed E-state index contributed by atoms with van der Waals surface area (Å²) in [5, 5.41) is 2.47. The van der Waals surface area contributed by atoms with E-state index in [2.05, 4.69) is 29.5 Å². The van der Waals surface area contributed by atoms with Crippen molar-refractivity contribution in [1.29, 1.82) is 0 Å². The molecule has 0 saturated carbocycles. The van der Waals surface area contributed by atoms with E-state index in [1.807, 2.05) is 72.2 Å². The molecule has 1 fully saturated rings. The minimum atomic E-state index is -0.354. The number of aryl methyl sites for hydroxylation is 2. The zero-order valence-electron chi connectivity index (χ0n) is 19.1. The van der Waals surface area contributed by atoms with Crippen LogP contribution < -0.4 is 9.47 Å². The third-order valence-electron chi connectivity index (χ3n) is 6.14. The molecule has 8 heteroatoms. The van der Waals surface area contributed by atoms with E-state index >= 15 is 0 Å². The quantitative estimate of drug-likeness (QED) is 0.198. The number of benzene rings is 3. The van der Waals surface area contributed by atoms with Crippen LogP contribution in [-0.4, -0.2) is 23.4 Å². The topological polar surface area (TPSA) is 32.6 Å². The summed E-state index contributed by atoms with van der Waals surface area (Å²) in [6.45, 7) is 4.44. The van der Waals surface area contributed by atoms with Crippen LogP contribution in [0.2, 0.25) is 15.2 Å². The summed E-state index contributed by atoms with van der Waals surface area (Å²) in [6, 6.07) is 19.7. The van der Waals surface area contributed by atoms with Crippen molar-refractivity contribution in [1.82, 2.24) is 4.57 Å². The Morgan fingerprint density at radius 1 is 0.914 bits per heavy atom. The van der Waals surface area contributed by atoms with Crippen LogP contribution >= 0.6 is 57.4 Å². The SMILES string of the molecule is Cc1ccc(OC[C@H]2O[C@@H](n3c(Cl)c(I)c4cc(Cl)c(Cl)cc43)C[C@@H]2Oc2ccc(C)cc2)cc1. The lowest BCUT2D eigenvalue weighted by molar-refractivity contribution is -0.0337. The molecule has 1 aliphatic rings. The number of hydrogen-bond donors (Lipinski definition) is 0. The van der Waals surface area contributed by atoms with Gasteiger partial charge in [-0.15, -0.1) is 0 Å². The van der Waals surface area contributed by atoms with Crippen LogP contribution in [-0.2, 0) is 4.74 Å². The largest absolute Gasteiger partial charge is 0.491 e. The predicted molar refractivity (Wildman–Crippen MR) is 150 cm³/mol.